The molecule has 0 unspecified atom stereocenters. The van der Waals surface area contributed by atoms with Crippen molar-refractivity contribution in [3.8, 4) is 33.6 Å². The van der Waals surface area contributed by atoms with Crippen LogP contribution in [0.4, 0.5) is 17.1 Å². The first-order valence-electron chi connectivity index (χ1n) is 26.2. The van der Waals surface area contributed by atoms with Gasteiger partial charge in [-0.3, -0.25) is 0 Å². The number of fused-ring (bicyclic) bond motifs is 6. The second kappa shape index (κ2) is 17.6. The van der Waals surface area contributed by atoms with Crippen molar-refractivity contribution in [1.82, 2.24) is 9.13 Å². The Balaban J connectivity index is 1.16. The summed E-state index contributed by atoms with van der Waals surface area (Å²) in [5.41, 5.74) is 20.4. The van der Waals surface area contributed by atoms with Gasteiger partial charge >= 0.3 is 0 Å². The maximum atomic E-state index is 2.58. The smallest absolute Gasteiger partial charge is 0.0782 e. The summed E-state index contributed by atoms with van der Waals surface area (Å²) >= 11 is 0. The van der Waals surface area contributed by atoms with Gasteiger partial charge in [-0.15, -0.1) is 0 Å². The molecule has 0 saturated heterocycles. The van der Waals surface area contributed by atoms with E-state index in [1.54, 1.807) is 0 Å². The van der Waals surface area contributed by atoms with E-state index in [-0.39, 0.29) is 21.7 Å². The van der Waals surface area contributed by atoms with E-state index in [2.05, 4.69) is 297 Å². The molecule has 0 saturated carbocycles. The van der Waals surface area contributed by atoms with Crippen LogP contribution in [-0.2, 0) is 21.7 Å². The molecule has 2 aromatic heterocycles. The van der Waals surface area contributed by atoms with Crippen molar-refractivity contribution >= 4 is 60.7 Å². The fraction of sp³-hybridized carbons (Fsp3) is 0.229. The molecule has 0 bridgehead atoms. The molecule has 0 fully saturated rings. The molecule has 11 rings (SSSR count). The summed E-state index contributed by atoms with van der Waals surface area (Å²) in [5, 5.41) is 5.11. The summed E-state index contributed by atoms with van der Waals surface area (Å²) in [6.45, 7) is 28.0. The highest BCUT2D eigenvalue weighted by Crippen LogP contribution is 2.45. The molecule has 0 amide bonds. The van der Waals surface area contributed by atoms with Gasteiger partial charge in [0.15, 0.2) is 0 Å². The molecule has 11 aromatic rings. The van der Waals surface area contributed by atoms with Gasteiger partial charge in [0.2, 0.25) is 0 Å². The number of nitrogens with zero attached hydrogens (tertiary/aromatic N) is 3. The topological polar surface area (TPSA) is 13.1 Å². The maximum Gasteiger partial charge on any atom is 0.0782 e. The summed E-state index contributed by atoms with van der Waals surface area (Å²) in [4.78, 5) is 2.38. The van der Waals surface area contributed by atoms with Crippen LogP contribution < -0.4 is 4.90 Å². The minimum Gasteiger partial charge on any atom is -0.311 e. The highest BCUT2D eigenvalue weighted by Gasteiger charge is 2.28. The molecule has 0 N–H and O–H groups in total. The Hall–Kier alpha value is -7.62. The van der Waals surface area contributed by atoms with Crippen LogP contribution >= 0.6 is 0 Å². The largest absolute Gasteiger partial charge is 0.311 e. The zero-order valence-electron chi connectivity index (χ0n) is 44.9. The lowest BCUT2D eigenvalue weighted by Gasteiger charge is -2.26. The Labute approximate surface area is 433 Å². The predicted molar refractivity (Wildman–Crippen MR) is 315 cm³/mol. The highest BCUT2D eigenvalue weighted by atomic mass is 15.1. The van der Waals surface area contributed by atoms with Crippen molar-refractivity contribution in [3.05, 3.63) is 222 Å². The van der Waals surface area contributed by atoms with Gasteiger partial charge in [-0.2, -0.15) is 0 Å². The lowest BCUT2D eigenvalue weighted by molar-refractivity contribution is 0.590. The maximum absolute atomic E-state index is 2.58. The third-order valence-corrected chi connectivity index (χ3v) is 15.1. The monoisotopic (exact) mass is 952 g/mol. The third kappa shape index (κ3) is 8.73. The SMILES string of the molecule is CC(C)(C)c1ccc2c(c1)c1cc(C(C)(C)C)ccc1n2-c1cc(C(C)(C)C)cc2c3cc(C(C)(C)C)ccc3n(-c3ccc(N(c4ccc(-c5ccccc5)cc4)c4ccc(-c5ccccc5)cc4)cc3)c12. The van der Waals surface area contributed by atoms with Crippen LogP contribution in [0.25, 0.3) is 77.2 Å². The first-order chi connectivity index (χ1) is 34.7. The Morgan fingerprint density at radius 2 is 0.616 bits per heavy atom. The normalized spacial score (nSPS) is 12.7. The van der Waals surface area contributed by atoms with E-state index in [4.69, 9.17) is 0 Å². The van der Waals surface area contributed by atoms with Gasteiger partial charge in [0.25, 0.3) is 0 Å². The molecular formula is C70H69N3. The van der Waals surface area contributed by atoms with Crippen LogP contribution in [0.3, 0.4) is 0 Å². The van der Waals surface area contributed by atoms with E-state index in [1.807, 2.05) is 0 Å². The average Bonchev–Trinajstić information content (AvgIpc) is 3.88. The van der Waals surface area contributed by atoms with Crippen molar-refractivity contribution in [1.29, 1.82) is 0 Å². The van der Waals surface area contributed by atoms with E-state index < -0.39 is 0 Å². The second-order valence-corrected chi connectivity index (χ2v) is 24.4. The average molecular weight is 952 g/mol. The van der Waals surface area contributed by atoms with E-state index >= 15 is 0 Å². The van der Waals surface area contributed by atoms with Gasteiger partial charge in [0.1, 0.15) is 0 Å². The lowest BCUT2D eigenvalue weighted by atomic mass is 9.84. The molecule has 0 spiro atoms. The van der Waals surface area contributed by atoms with E-state index in [0.717, 1.165) is 22.7 Å². The highest BCUT2D eigenvalue weighted by molar-refractivity contribution is 6.16. The zero-order chi connectivity index (χ0) is 51.2. The summed E-state index contributed by atoms with van der Waals surface area (Å²) in [7, 11) is 0. The zero-order valence-corrected chi connectivity index (χ0v) is 44.9. The van der Waals surface area contributed by atoms with Gasteiger partial charge in [-0.1, -0.05) is 186 Å². The Morgan fingerprint density at radius 1 is 0.288 bits per heavy atom. The molecule has 73 heavy (non-hydrogen) atoms. The number of hydrogen-bond donors (Lipinski definition) is 0. The summed E-state index contributed by atoms with van der Waals surface area (Å²) < 4.78 is 5.12. The van der Waals surface area contributed by atoms with Crippen LogP contribution in [0.1, 0.15) is 105 Å². The van der Waals surface area contributed by atoms with Crippen molar-refractivity contribution in [3.63, 3.8) is 0 Å². The standard InChI is InChI=1S/C70H69N3/c1-67(2,3)50-28-39-63-58(41-50)59-42-51(68(4,5)6)29-40-64(59)73(63)65-45-53(70(10,11)12)44-61-60-43-52(69(7,8)9)27-38-62(60)72(66(61)65)57-36-34-56(35-37-57)71(54-30-23-48(24-31-54)46-19-15-13-16-20-46)55-32-25-49(26-33-55)47-21-17-14-18-22-47/h13-45H,1-12H3. The first-order valence-corrected chi connectivity index (χ1v) is 26.2. The second-order valence-electron chi connectivity index (χ2n) is 24.4. The van der Waals surface area contributed by atoms with Gasteiger partial charge in [-0.05, 0) is 163 Å². The Kier molecular flexibility index (Phi) is 11.5. The molecule has 0 aliphatic rings. The Morgan fingerprint density at radius 3 is 1.00 bits per heavy atom. The van der Waals surface area contributed by atoms with Crippen LogP contribution in [-0.4, -0.2) is 9.13 Å². The molecular weight excluding hydrogens is 883 g/mol. The van der Waals surface area contributed by atoms with Crippen molar-refractivity contribution < 1.29 is 0 Å². The van der Waals surface area contributed by atoms with Crippen LogP contribution in [0.5, 0.6) is 0 Å². The van der Waals surface area contributed by atoms with E-state index in [9.17, 15) is 0 Å². The van der Waals surface area contributed by atoms with Crippen LogP contribution in [0.15, 0.2) is 200 Å². The van der Waals surface area contributed by atoms with Gasteiger partial charge < -0.3 is 14.0 Å². The molecule has 0 atom stereocenters. The Bertz CT molecular complexity index is 3670. The minimum absolute atomic E-state index is 0.000174. The van der Waals surface area contributed by atoms with Gasteiger partial charge in [-0.25, -0.2) is 0 Å². The van der Waals surface area contributed by atoms with Crippen molar-refractivity contribution in [2.24, 2.45) is 0 Å². The number of hydrogen-bond acceptors (Lipinski definition) is 1. The molecule has 3 heteroatoms. The molecule has 0 aliphatic heterocycles. The quantitative estimate of drug-likeness (QED) is 0.155. The van der Waals surface area contributed by atoms with Crippen molar-refractivity contribution in [2.45, 2.75) is 105 Å². The molecule has 2 heterocycles. The number of aromatic nitrogens is 2. The minimum atomic E-state index is -0.111. The summed E-state index contributed by atoms with van der Waals surface area (Å²) in [6.07, 6.45) is 0. The predicted octanol–water partition coefficient (Wildman–Crippen LogP) is 19.9. The number of rotatable bonds is 7. The van der Waals surface area contributed by atoms with Crippen LogP contribution in [0.2, 0.25) is 0 Å². The van der Waals surface area contributed by atoms with Crippen molar-refractivity contribution in [2.75, 3.05) is 4.90 Å². The van der Waals surface area contributed by atoms with Crippen LogP contribution in [0, 0.1) is 0 Å². The van der Waals surface area contributed by atoms with Gasteiger partial charge in [0.05, 0.1) is 27.8 Å². The van der Waals surface area contributed by atoms with E-state index in [0.29, 0.717) is 0 Å². The molecule has 3 nitrogen and oxygen atoms in total. The molecule has 0 radical (unpaired) electrons. The number of benzene rings is 9. The summed E-state index contributed by atoms with van der Waals surface area (Å²) in [5.74, 6) is 0. The fourth-order valence-electron chi connectivity index (χ4n) is 10.7. The molecule has 0 aliphatic carbocycles. The first kappa shape index (κ1) is 47.7. The fourth-order valence-corrected chi connectivity index (χ4v) is 10.7. The van der Waals surface area contributed by atoms with E-state index in [1.165, 1.54) is 93.8 Å². The number of anilines is 3. The third-order valence-electron chi connectivity index (χ3n) is 15.1. The van der Waals surface area contributed by atoms with Gasteiger partial charge in [0, 0.05) is 44.3 Å². The summed E-state index contributed by atoms with van der Waals surface area (Å²) in [6, 6.07) is 75.1. The lowest BCUT2D eigenvalue weighted by Crippen LogP contribution is -2.13. The molecule has 364 valence electrons. The molecule has 9 aromatic carbocycles.